The van der Waals surface area contributed by atoms with Gasteiger partial charge in [-0.15, -0.1) is 0 Å². The standard InChI is InChI=1S/C16H22O3/c1-10(2)16(17)19-7-6-18-15-9-11-8-14(15)13-5-3-4-12(11)13/h3,5,11-15H,1,4,6-9H2,2H3/t11?,12?,13-,14?,15?/m1/s1. The summed E-state index contributed by atoms with van der Waals surface area (Å²) in [6.45, 7) is 6.06. The lowest BCUT2D eigenvalue weighted by Crippen LogP contribution is -2.31. The third-order valence-electron chi connectivity index (χ3n) is 4.95. The third-order valence-corrected chi connectivity index (χ3v) is 4.95. The minimum Gasteiger partial charge on any atom is -0.460 e. The zero-order valence-corrected chi connectivity index (χ0v) is 11.5. The van der Waals surface area contributed by atoms with E-state index in [4.69, 9.17) is 9.47 Å². The number of hydrogen-bond donors (Lipinski definition) is 0. The van der Waals surface area contributed by atoms with Gasteiger partial charge in [0, 0.05) is 5.57 Å². The lowest BCUT2D eigenvalue weighted by Gasteiger charge is -2.31. The number of ether oxygens (including phenoxy) is 2. The summed E-state index contributed by atoms with van der Waals surface area (Å²) in [6, 6.07) is 0. The highest BCUT2D eigenvalue weighted by molar-refractivity contribution is 5.86. The molecule has 0 amide bonds. The average Bonchev–Trinajstić information content (AvgIpc) is 3.05. The summed E-state index contributed by atoms with van der Waals surface area (Å²) in [5.74, 6) is 2.88. The molecule has 3 nitrogen and oxygen atoms in total. The molecule has 3 heteroatoms. The first-order chi connectivity index (χ1) is 9.16. The van der Waals surface area contributed by atoms with E-state index in [9.17, 15) is 4.79 Å². The molecule has 0 heterocycles. The highest BCUT2D eigenvalue weighted by Crippen LogP contribution is 2.57. The highest BCUT2D eigenvalue weighted by Gasteiger charge is 2.52. The van der Waals surface area contributed by atoms with Crippen LogP contribution >= 0.6 is 0 Å². The van der Waals surface area contributed by atoms with Crippen molar-refractivity contribution >= 4 is 5.97 Å². The number of carbonyl (C=O) groups is 1. The zero-order valence-electron chi connectivity index (χ0n) is 11.5. The molecule has 2 saturated carbocycles. The van der Waals surface area contributed by atoms with E-state index >= 15 is 0 Å². The molecule has 0 spiro atoms. The predicted octanol–water partition coefficient (Wildman–Crippen LogP) is 2.72. The quantitative estimate of drug-likeness (QED) is 0.331. The van der Waals surface area contributed by atoms with Gasteiger partial charge >= 0.3 is 5.97 Å². The molecule has 2 bridgehead atoms. The summed E-state index contributed by atoms with van der Waals surface area (Å²) >= 11 is 0. The summed E-state index contributed by atoms with van der Waals surface area (Å²) in [4.78, 5) is 11.2. The van der Waals surface area contributed by atoms with Gasteiger partial charge in [0.05, 0.1) is 12.7 Å². The Morgan fingerprint density at radius 3 is 2.95 bits per heavy atom. The van der Waals surface area contributed by atoms with Crippen molar-refractivity contribution in [2.24, 2.45) is 23.7 Å². The summed E-state index contributed by atoms with van der Waals surface area (Å²) in [6.07, 6.45) is 8.90. The maximum absolute atomic E-state index is 11.2. The van der Waals surface area contributed by atoms with Gasteiger partial charge < -0.3 is 9.47 Å². The molecule has 3 aliphatic rings. The molecule has 104 valence electrons. The normalized spacial score (nSPS) is 38.5. The summed E-state index contributed by atoms with van der Waals surface area (Å²) in [7, 11) is 0. The number of carbonyl (C=O) groups excluding carboxylic acids is 1. The van der Waals surface area contributed by atoms with Crippen LogP contribution in [-0.2, 0) is 14.3 Å². The summed E-state index contributed by atoms with van der Waals surface area (Å²) in [5.41, 5.74) is 0.443. The molecule has 19 heavy (non-hydrogen) atoms. The molecule has 0 aromatic heterocycles. The molecule has 0 aromatic carbocycles. The van der Waals surface area contributed by atoms with E-state index in [1.165, 1.54) is 19.3 Å². The molecule has 2 fully saturated rings. The molecule has 3 aliphatic carbocycles. The second kappa shape index (κ2) is 5.12. The van der Waals surface area contributed by atoms with E-state index in [1.54, 1.807) is 6.92 Å². The van der Waals surface area contributed by atoms with E-state index in [-0.39, 0.29) is 5.97 Å². The Labute approximate surface area is 114 Å². The Hall–Kier alpha value is -1.09. The van der Waals surface area contributed by atoms with Crippen LogP contribution in [0.2, 0.25) is 0 Å². The Kier molecular flexibility index (Phi) is 3.48. The van der Waals surface area contributed by atoms with E-state index in [2.05, 4.69) is 18.7 Å². The molecule has 3 rings (SSSR count). The Morgan fingerprint density at radius 2 is 2.16 bits per heavy atom. The van der Waals surface area contributed by atoms with Crippen LogP contribution in [0.15, 0.2) is 24.3 Å². The summed E-state index contributed by atoms with van der Waals surface area (Å²) < 4.78 is 11.0. The lowest BCUT2D eigenvalue weighted by molar-refractivity contribution is -0.141. The van der Waals surface area contributed by atoms with Crippen LogP contribution in [0.1, 0.15) is 26.2 Å². The van der Waals surface area contributed by atoms with Gasteiger partial charge in [-0.3, -0.25) is 0 Å². The molecule has 0 radical (unpaired) electrons. The molecular weight excluding hydrogens is 240 g/mol. The van der Waals surface area contributed by atoms with Crippen LogP contribution in [0.4, 0.5) is 0 Å². The number of hydrogen-bond acceptors (Lipinski definition) is 3. The average molecular weight is 262 g/mol. The topological polar surface area (TPSA) is 35.5 Å². The van der Waals surface area contributed by atoms with Gasteiger partial charge in [0.25, 0.3) is 0 Å². The van der Waals surface area contributed by atoms with Crippen LogP contribution in [-0.4, -0.2) is 25.3 Å². The first-order valence-electron chi connectivity index (χ1n) is 7.27. The van der Waals surface area contributed by atoms with Crippen LogP contribution in [0, 0.1) is 23.7 Å². The van der Waals surface area contributed by atoms with E-state index < -0.39 is 0 Å². The van der Waals surface area contributed by atoms with Crippen molar-refractivity contribution in [2.75, 3.05) is 13.2 Å². The lowest BCUT2D eigenvalue weighted by atomic mass is 9.80. The van der Waals surface area contributed by atoms with Gasteiger partial charge in [-0.25, -0.2) is 4.79 Å². The van der Waals surface area contributed by atoms with E-state index in [0.29, 0.717) is 30.8 Å². The maximum atomic E-state index is 11.2. The van der Waals surface area contributed by atoms with Crippen molar-refractivity contribution in [3.05, 3.63) is 24.3 Å². The SMILES string of the molecule is C=C(C)C(=O)OCCOC1CC2CC1[C@@H]1C=CCC21. The molecule has 4 unspecified atom stereocenters. The minimum absolute atomic E-state index is 0.324. The number of rotatable bonds is 5. The van der Waals surface area contributed by atoms with Gasteiger partial charge in [0.2, 0.25) is 0 Å². The fourth-order valence-corrected chi connectivity index (χ4v) is 4.13. The number of allylic oxidation sites excluding steroid dienone is 2. The predicted molar refractivity (Wildman–Crippen MR) is 72.5 cm³/mol. The van der Waals surface area contributed by atoms with Crippen molar-refractivity contribution in [3.63, 3.8) is 0 Å². The largest absolute Gasteiger partial charge is 0.460 e. The Morgan fingerprint density at radius 1 is 1.32 bits per heavy atom. The van der Waals surface area contributed by atoms with Gasteiger partial charge in [-0.05, 0) is 49.9 Å². The third kappa shape index (κ3) is 2.36. The number of esters is 1. The maximum Gasteiger partial charge on any atom is 0.333 e. The van der Waals surface area contributed by atoms with Gasteiger partial charge in [0.1, 0.15) is 6.61 Å². The van der Waals surface area contributed by atoms with Crippen molar-refractivity contribution in [2.45, 2.75) is 32.3 Å². The fraction of sp³-hybridized carbons (Fsp3) is 0.688. The zero-order chi connectivity index (χ0) is 13.4. The second-order valence-corrected chi connectivity index (χ2v) is 6.13. The van der Waals surface area contributed by atoms with Crippen LogP contribution in [0.5, 0.6) is 0 Å². The number of fused-ring (bicyclic) bond motifs is 5. The minimum atomic E-state index is -0.324. The first-order valence-corrected chi connectivity index (χ1v) is 7.27. The molecule has 0 aromatic rings. The molecule has 0 aliphatic heterocycles. The van der Waals surface area contributed by atoms with Crippen molar-refractivity contribution in [1.82, 2.24) is 0 Å². The second-order valence-electron chi connectivity index (χ2n) is 6.13. The molecular formula is C16H22O3. The van der Waals surface area contributed by atoms with E-state index in [1.807, 2.05) is 0 Å². The Balaban J connectivity index is 1.42. The van der Waals surface area contributed by atoms with Gasteiger partial charge in [0.15, 0.2) is 0 Å². The molecule has 0 N–H and O–H groups in total. The Bertz CT molecular complexity index is 412. The summed E-state index contributed by atoms with van der Waals surface area (Å²) in [5, 5.41) is 0. The van der Waals surface area contributed by atoms with Crippen molar-refractivity contribution in [3.8, 4) is 0 Å². The van der Waals surface area contributed by atoms with Gasteiger partial charge in [-0.2, -0.15) is 0 Å². The van der Waals surface area contributed by atoms with Crippen molar-refractivity contribution < 1.29 is 14.3 Å². The first kappa shape index (κ1) is 12.9. The monoisotopic (exact) mass is 262 g/mol. The fourth-order valence-electron chi connectivity index (χ4n) is 4.13. The highest BCUT2D eigenvalue weighted by atomic mass is 16.6. The van der Waals surface area contributed by atoms with Crippen LogP contribution in [0.25, 0.3) is 0 Å². The van der Waals surface area contributed by atoms with E-state index in [0.717, 1.165) is 17.8 Å². The smallest absolute Gasteiger partial charge is 0.333 e. The molecule has 5 atom stereocenters. The van der Waals surface area contributed by atoms with Gasteiger partial charge in [-0.1, -0.05) is 18.7 Å². The van der Waals surface area contributed by atoms with Crippen LogP contribution < -0.4 is 0 Å². The van der Waals surface area contributed by atoms with Crippen LogP contribution in [0.3, 0.4) is 0 Å². The molecule has 0 saturated heterocycles. The van der Waals surface area contributed by atoms with Crippen molar-refractivity contribution in [1.29, 1.82) is 0 Å².